The molecule has 4 rings (SSSR count). The van der Waals surface area contributed by atoms with Gasteiger partial charge in [0.25, 0.3) is 5.91 Å². The number of aliphatic hydroxyl groups excluding tert-OH is 2. The van der Waals surface area contributed by atoms with Crippen LogP contribution in [0.25, 0.3) is 0 Å². The first-order chi connectivity index (χ1) is 20.6. The van der Waals surface area contributed by atoms with Crippen molar-refractivity contribution in [3.63, 3.8) is 0 Å². The summed E-state index contributed by atoms with van der Waals surface area (Å²) in [5, 5.41) is 48.7. The number of nitrogens with two attached hydrogens (primary N) is 1. The zero-order valence-electron chi connectivity index (χ0n) is 25.9. The van der Waals surface area contributed by atoms with Gasteiger partial charge in [-0.05, 0) is 46.2 Å². The van der Waals surface area contributed by atoms with E-state index < -0.39 is 91.3 Å². The van der Waals surface area contributed by atoms with Crippen LogP contribution in [-0.4, -0.2) is 135 Å². The fraction of sp³-hybridized carbons (Fsp3) is 0.500. The lowest BCUT2D eigenvalue weighted by molar-refractivity contribution is -0.150. The lowest BCUT2D eigenvalue weighted by atomic mass is 9.56. The van der Waals surface area contributed by atoms with Gasteiger partial charge in [-0.2, -0.15) is 0 Å². The van der Waals surface area contributed by atoms with Crippen LogP contribution in [0.15, 0.2) is 28.7 Å². The Morgan fingerprint density at radius 1 is 1.09 bits per heavy atom. The number of phenols is 1. The van der Waals surface area contributed by atoms with Crippen LogP contribution in [0.5, 0.6) is 5.75 Å². The number of likely N-dealkylation sites (N-methyl/N-ethyl adjacent to an activating group) is 2. The number of sulfonamides is 1. The van der Waals surface area contributed by atoms with E-state index in [0.717, 1.165) is 6.26 Å². The minimum atomic E-state index is -4.15. The molecule has 3 aliphatic rings. The van der Waals surface area contributed by atoms with Crippen molar-refractivity contribution >= 4 is 44.8 Å². The fourth-order valence-electron chi connectivity index (χ4n) is 6.72. The highest BCUT2D eigenvalue weighted by atomic mass is 32.2. The number of ketones is 2. The van der Waals surface area contributed by atoms with E-state index in [2.05, 4.69) is 10.0 Å². The van der Waals surface area contributed by atoms with Crippen molar-refractivity contribution in [3.8, 4) is 5.75 Å². The number of aliphatic hydroxyl groups is 3. The second kappa shape index (κ2) is 11.4. The van der Waals surface area contributed by atoms with Crippen LogP contribution in [0, 0.1) is 11.8 Å². The van der Waals surface area contributed by atoms with Crippen LogP contribution in [0.2, 0.25) is 0 Å². The third-order valence-electron chi connectivity index (χ3n) is 8.39. The highest BCUT2D eigenvalue weighted by Gasteiger charge is 2.67. The van der Waals surface area contributed by atoms with Crippen molar-refractivity contribution in [3.05, 3.63) is 39.9 Å². The smallest absolute Gasteiger partial charge is 0.255 e. The number of hydrogen-bond donors (Lipinski definition) is 7. The molecule has 16 nitrogen and oxygen atoms in total. The number of carbonyl (C=O) groups is 4. The third-order valence-corrected chi connectivity index (χ3v) is 9.09. The first-order valence-electron chi connectivity index (χ1n) is 13.8. The first kappa shape index (κ1) is 33.9. The van der Waals surface area contributed by atoms with E-state index in [1.807, 2.05) is 0 Å². The summed E-state index contributed by atoms with van der Waals surface area (Å²) >= 11 is 0. The van der Waals surface area contributed by atoms with Gasteiger partial charge in [0.15, 0.2) is 17.1 Å². The largest absolute Gasteiger partial charge is 0.510 e. The van der Waals surface area contributed by atoms with Crippen molar-refractivity contribution in [2.24, 2.45) is 17.6 Å². The Labute approximate surface area is 259 Å². The molecule has 0 fully saturated rings. The number of benzene rings is 1. The van der Waals surface area contributed by atoms with Gasteiger partial charge in [-0.15, -0.1) is 0 Å². The van der Waals surface area contributed by atoms with Crippen molar-refractivity contribution < 1.29 is 48.0 Å². The lowest BCUT2D eigenvalue weighted by Crippen LogP contribution is -2.71. The van der Waals surface area contributed by atoms with Gasteiger partial charge in [0, 0.05) is 43.2 Å². The predicted octanol–water partition coefficient (Wildman–Crippen LogP) is -1.79. The third kappa shape index (κ3) is 5.43. The maximum Gasteiger partial charge on any atom is 0.255 e. The van der Waals surface area contributed by atoms with Crippen LogP contribution >= 0.6 is 0 Å². The van der Waals surface area contributed by atoms with E-state index in [1.165, 1.54) is 25.1 Å². The molecule has 3 aliphatic carbocycles. The number of rotatable bonds is 8. The zero-order valence-corrected chi connectivity index (χ0v) is 26.7. The molecule has 0 radical (unpaired) electrons. The Kier molecular flexibility index (Phi) is 8.58. The topological polar surface area (TPSA) is 243 Å². The highest BCUT2D eigenvalue weighted by molar-refractivity contribution is 7.88. The number of phenolic OH excluding ortho intramolecular Hbond substituents is 1. The summed E-state index contributed by atoms with van der Waals surface area (Å²) in [4.78, 5) is 57.5. The first-order valence-corrected chi connectivity index (χ1v) is 15.7. The molecule has 0 aromatic heterocycles. The van der Waals surface area contributed by atoms with Gasteiger partial charge in [0.1, 0.15) is 17.1 Å². The van der Waals surface area contributed by atoms with Crippen molar-refractivity contribution in [1.82, 2.24) is 14.5 Å². The van der Waals surface area contributed by atoms with Crippen LogP contribution in [0.1, 0.15) is 15.9 Å². The molecule has 0 saturated heterocycles. The van der Waals surface area contributed by atoms with Crippen molar-refractivity contribution in [1.29, 1.82) is 0 Å². The monoisotopic (exact) mass is 650 g/mol. The summed E-state index contributed by atoms with van der Waals surface area (Å²) in [5.41, 5.74) is 0.806. The second-order valence-corrected chi connectivity index (χ2v) is 14.1. The minimum absolute atomic E-state index is 0.0548. The summed E-state index contributed by atoms with van der Waals surface area (Å²) in [6.45, 7) is -0.0548. The van der Waals surface area contributed by atoms with E-state index in [1.54, 1.807) is 38.0 Å². The van der Waals surface area contributed by atoms with Crippen LogP contribution in [0.4, 0.5) is 11.4 Å². The van der Waals surface area contributed by atoms with E-state index in [9.17, 15) is 48.0 Å². The number of anilines is 2. The number of primary amides is 1. The molecule has 0 bridgehead atoms. The van der Waals surface area contributed by atoms with E-state index >= 15 is 0 Å². The van der Waals surface area contributed by atoms with E-state index in [0.29, 0.717) is 5.69 Å². The fourth-order valence-corrected chi connectivity index (χ4v) is 7.53. The van der Waals surface area contributed by atoms with Crippen LogP contribution < -0.4 is 20.7 Å². The van der Waals surface area contributed by atoms with Crippen LogP contribution in [0.3, 0.4) is 0 Å². The standard InChI is InChI=1S/C28H38N6O10S/c1-32(2)10-15(35)30-13-9-14(33(3)4)11-8-12-17(23(37)16(11)22(13)36)25(39)28(42)19(20(12)31-45(7,43)44)21(34(5)6)24(38)18(26(28)40)27(29)41/h9,12,19-21,31,36,38-39,42H,8,10H2,1-7H3,(H2,29,41)(H,30,35)/t12-,19+,20+,21+,28+/m1/s1. The lowest BCUT2D eigenvalue weighted by Gasteiger charge is -2.54. The number of fused-ring (bicyclic) bond motifs is 3. The van der Waals surface area contributed by atoms with Crippen molar-refractivity contribution in [2.45, 2.75) is 24.1 Å². The van der Waals surface area contributed by atoms with E-state index in [4.69, 9.17) is 5.73 Å². The normalized spacial score (nSPS) is 26.5. The Bertz CT molecular complexity index is 1680. The molecule has 45 heavy (non-hydrogen) atoms. The Hall–Kier alpha value is -4.03. The van der Waals surface area contributed by atoms with Gasteiger partial charge in [-0.1, -0.05) is 0 Å². The van der Waals surface area contributed by atoms with Crippen LogP contribution in [-0.2, 0) is 30.8 Å². The second-order valence-electron chi connectivity index (χ2n) is 12.3. The summed E-state index contributed by atoms with van der Waals surface area (Å²) in [5.74, 6) is -10.1. The Morgan fingerprint density at radius 3 is 2.18 bits per heavy atom. The Morgan fingerprint density at radius 2 is 1.69 bits per heavy atom. The summed E-state index contributed by atoms with van der Waals surface area (Å²) in [6, 6.07) is -1.51. The number of hydrogen-bond acceptors (Lipinski definition) is 13. The molecule has 0 spiro atoms. The quantitative estimate of drug-likeness (QED) is 0.122. The number of nitrogens with one attached hydrogen (secondary N) is 2. The van der Waals surface area contributed by atoms with Gasteiger partial charge in [0.05, 0.1) is 30.1 Å². The van der Waals surface area contributed by atoms with Gasteiger partial charge in [-0.25, -0.2) is 13.1 Å². The molecular weight excluding hydrogens is 612 g/mol. The SMILES string of the molecule is CN(C)CC(=O)Nc1cc(N(C)C)c2c(c1O)C(=O)C1=C(O)[C@]3(O)C(=O)C(C(N)=O)=C(O)[C@@H](N(C)C)[C@@H]3[C@@H](NS(C)(=O)=O)[C@@H]1C2. The molecule has 1 aromatic carbocycles. The molecule has 5 atom stereocenters. The molecular formula is C28H38N6O10S. The number of carbonyl (C=O) groups excluding carboxylic acids is 4. The average molecular weight is 651 g/mol. The maximum atomic E-state index is 14.3. The Balaban J connectivity index is 2.07. The molecule has 0 heterocycles. The van der Waals surface area contributed by atoms with Gasteiger partial charge in [0.2, 0.25) is 21.7 Å². The van der Waals surface area contributed by atoms with Gasteiger partial charge in [-0.3, -0.25) is 24.1 Å². The number of aromatic hydroxyl groups is 1. The van der Waals surface area contributed by atoms with Gasteiger partial charge < -0.3 is 41.3 Å². The average Bonchev–Trinajstić information content (AvgIpc) is 2.88. The highest BCUT2D eigenvalue weighted by Crippen LogP contribution is 2.54. The van der Waals surface area contributed by atoms with Gasteiger partial charge >= 0.3 is 0 Å². The number of amides is 2. The number of Topliss-reactive ketones (excluding diaryl/α,β-unsaturated/α-hetero) is 2. The molecule has 0 aliphatic heterocycles. The van der Waals surface area contributed by atoms with E-state index in [-0.39, 0.29) is 29.8 Å². The molecule has 0 saturated carbocycles. The van der Waals surface area contributed by atoms with Crippen molar-refractivity contribution in [2.75, 3.05) is 65.3 Å². The number of nitrogens with zero attached hydrogens (tertiary/aromatic N) is 3. The zero-order chi connectivity index (χ0) is 34.1. The molecule has 8 N–H and O–H groups in total. The summed E-state index contributed by atoms with van der Waals surface area (Å²) in [6.07, 6.45) is 0.622. The predicted molar refractivity (Wildman–Crippen MR) is 162 cm³/mol. The minimum Gasteiger partial charge on any atom is -0.510 e. The summed E-state index contributed by atoms with van der Waals surface area (Å²) < 4.78 is 27.9. The molecule has 2 amide bonds. The molecule has 17 heteroatoms. The molecule has 0 unspecified atom stereocenters. The summed E-state index contributed by atoms with van der Waals surface area (Å²) in [7, 11) is 5.32. The molecule has 246 valence electrons. The molecule has 1 aromatic rings. The maximum absolute atomic E-state index is 14.3.